The van der Waals surface area contributed by atoms with Gasteiger partial charge in [-0.15, -0.1) is 24.0 Å². The first kappa shape index (κ1) is 16.8. The molecule has 1 aliphatic carbocycles. The van der Waals surface area contributed by atoms with Gasteiger partial charge in [-0.1, -0.05) is 47.3 Å². The topological polar surface area (TPSA) is 50.4 Å². The fraction of sp³-hybridized carbons (Fsp3) is 0.500. The van der Waals surface area contributed by atoms with Gasteiger partial charge in [0.25, 0.3) is 0 Å². The average Bonchev–Trinajstić information content (AvgIpc) is 2.39. The third-order valence-corrected chi connectivity index (χ3v) is 3.83. The molecule has 0 saturated heterocycles. The van der Waals surface area contributed by atoms with E-state index in [0.717, 1.165) is 4.47 Å². The van der Waals surface area contributed by atoms with Crippen LogP contribution in [0.3, 0.4) is 0 Å². The van der Waals surface area contributed by atoms with Crippen LogP contribution in [0.1, 0.15) is 37.7 Å². The first-order chi connectivity index (χ1) is 8.74. The van der Waals surface area contributed by atoms with Crippen LogP contribution >= 0.6 is 39.9 Å². The third kappa shape index (κ3) is 6.12. The first-order valence-corrected chi connectivity index (χ1v) is 7.34. The smallest absolute Gasteiger partial charge is 0.189 e. The molecule has 0 bridgehead atoms. The monoisotopic (exact) mass is 437 g/mol. The molecule has 5 heteroatoms. The Bertz CT molecular complexity index is 400. The van der Waals surface area contributed by atoms with Crippen LogP contribution in [-0.2, 0) is 6.54 Å². The summed E-state index contributed by atoms with van der Waals surface area (Å²) in [6, 6.07) is 8.68. The number of nitrogens with zero attached hydrogens (tertiary/aromatic N) is 1. The van der Waals surface area contributed by atoms with Gasteiger partial charge in [-0.2, -0.15) is 0 Å². The number of halogens is 2. The summed E-state index contributed by atoms with van der Waals surface area (Å²) in [5.74, 6) is 0.574. The molecule has 1 aromatic carbocycles. The van der Waals surface area contributed by atoms with Crippen molar-refractivity contribution in [1.82, 2.24) is 5.32 Å². The molecule has 19 heavy (non-hydrogen) atoms. The van der Waals surface area contributed by atoms with Gasteiger partial charge in [-0.25, -0.2) is 4.99 Å². The van der Waals surface area contributed by atoms with E-state index in [-0.39, 0.29) is 24.0 Å². The van der Waals surface area contributed by atoms with Gasteiger partial charge in [0.2, 0.25) is 0 Å². The lowest BCUT2D eigenvalue weighted by Crippen LogP contribution is -2.41. The second-order valence-corrected chi connectivity index (χ2v) is 5.72. The summed E-state index contributed by atoms with van der Waals surface area (Å²) < 4.78 is 1.09. The first-order valence-electron chi connectivity index (χ1n) is 6.55. The van der Waals surface area contributed by atoms with E-state index in [4.69, 9.17) is 5.73 Å². The number of benzene rings is 1. The zero-order valence-electron chi connectivity index (χ0n) is 10.9. The number of rotatable bonds is 3. The highest BCUT2D eigenvalue weighted by Crippen LogP contribution is 2.17. The van der Waals surface area contributed by atoms with Crippen LogP contribution in [-0.4, -0.2) is 12.0 Å². The molecule has 0 heterocycles. The van der Waals surface area contributed by atoms with E-state index in [1.165, 1.54) is 37.7 Å². The number of guanidine groups is 1. The molecule has 1 aliphatic rings. The van der Waals surface area contributed by atoms with Crippen LogP contribution < -0.4 is 11.1 Å². The van der Waals surface area contributed by atoms with Crippen molar-refractivity contribution in [3.05, 3.63) is 34.3 Å². The summed E-state index contributed by atoms with van der Waals surface area (Å²) >= 11 is 3.42. The minimum absolute atomic E-state index is 0. The molecule has 0 unspecified atom stereocenters. The van der Waals surface area contributed by atoms with Gasteiger partial charge >= 0.3 is 0 Å². The molecular weight excluding hydrogens is 417 g/mol. The maximum atomic E-state index is 5.91. The fourth-order valence-electron chi connectivity index (χ4n) is 2.27. The van der Waals surface area contributed by atoms with E-state index < -0.39 is 0 Å². The van der Waals surface area contributed by atoms with Gasteiger partial charge in [-0.3, -0.25) is 0 Å². The van der Waals surface area contributed by atoms with Crippen molar-refractivity contribution in [2.75, 3.05) is 0 Å². The number of nitrogens with one attached hydrogen (secondary N) is 1. The molecule has 0 radical (unpaired) electrons. The van der Waals surface area contributed by atoms with Crippen molar-refractivity contribution in [1.29, 1.82) is 0 Å². The predicted octanol–water partition coefficient (Wildman–Crippen LogP) is 3.80. The van der Waals surface area contributed by atoms with Crippen LogP contribution in [0.2, 0.25) is 0 Å². The van der Waals surface area contributed by atoms with Crippen LogP contribution in [0.4, 0.5) is 0 Å². The molecule has 1 saturated carbocycles. The van der Waals surface area contributed by atoms with Gasteiger partial charge in [-0.05, 0) is 30.5 Å². The number of hydrogen-bond acceptors (Lipinski definition) is 1. The Kier molecular flexibility index (Phi) is 7.75. The summed E-state index contributed by atoms with van der Waals surface area (Å²) in [6.45, 7) is 0.638. The predicted molar refractivity (Wildman–Crippen MR) is 94.9 cm³/mol. The maximum Gasteiger partial charge on any atom is 0.189 e. The van der Waals surface area contributed by atoms with Gasteiger partial charge in [0, 0.05) is 10.5 Å². The molecule has 3 N–H and O–H groups in total. The Labute approximate surface area is 140 Å². The molecule has 2 rings (SSSR count). The van der Waals surface area contributed by atoms with E-state index in [1.807, 2.05) is 12.1 Å². The molecule has 106 valence electrons. The van der Waals surface area contributed by atoms with Crippen molar-refractivity contribution in [2.24, 2.45) is 10.7 Å². The Balaban J connectivity index is 0.00000180. The highest BCUT2D eigenvalue weighted by Gasteiger charge is 2.13. The number of hydrogen-bond donors (Lipinski definition) is 2. The second kappa shape index (κ2) is 8.79. The largest absolute Gasteiger partial charge is 0.370 e. The summed E-state index contributed by atoms with van der Waals surface area (Å²) in [5, 5.41) is 3.32. The molecule has 0 amide bonds. The van der Waals surface area contributed by atoms with Crippen LogP contribution in [0.15, 0.2) is 33.7 Å². The summed E-state index contributed by atoms with van der Waals surface area (Å²) in [6.07, 6.45) is 6.40. The minimum Gasteiger partial charge on any atom is -0.370 e. The van der Waals surface area contributed by atoms with Gasteiger partial charge in [0.1, 0.15) is 0 Å². The third-order valence-electron chi connectivity index (χ3n) is 3.30. The van der Waals surface area contributed by atoms with Crippen molar-refractivity contribution >= 4 is 45.9 Å². The quantitative estimate of drug-likeness (QED) is 0.429. The minimum atomic E-state index is 0. The molecule has 0 atom stereocenters. The van der Waals surface area contributed by atoms with Crippen molar-refractivity contribution in [2.45, 2.75) is 44.7 Å². The normalized spacial score (nSPS) is 16.8. The zero-order valence-corrected chi connectivity index (χ0v) is 14.9. The summed E-state index contributed by atoms with van der Waals surface area (Å²) in [7, 11) is 0. The van der Waals surface area contributed by atoms with Crippen LogP contribution in [0.5, 0.6) is 0 Å². The standard InChI is InChI=1S/C14H20BrN3.HI/c15-12-8-6-11(7-9-12)10-17-14(16)18-13-4-2-1-3-5-13;/h6-9,13H,1-5,10H2,(H3,16,17,18);1H. The highest BCUT2D eigenvalue weighted by molar-refractivity contribution is 14.0. The van der Waals surface area contributed by atoms with E-state index in [9.17, 15) is 0 Å². The molecule has 3 nitrogen and oxygen atoms in total. The Morgan fingerprint density at radius 3 is 2.47 bits per heavy atom. The van der Waals surface area contributed by atoms with Crippen molar-refractivity contribution in [3.63, 3.8) is 0 Å². The van der Waals surface area contributed by atoms with Gasteiger partial charge < -0.3 is 11.1 Å². The van der Waals surface area contributed by atoms with E-state index in [0.29, 0.717) is 18.5 Å². The van der Waals surface area contributed by atoms with Crippen LogP contribution in [0.25, 0.3) is 0 Å². The Hall–Kier alpha value is -0.300. The van der Waals surface area contributed by atoms with Crippen molar-refractivity contribution < 1.29 is 0 Å². The molecular formula is C14H21BrIN3. The SMILES string of the molecule is I.NC(=NCc1ccc(Br)cc1)NC1CCCCC1. The molecule has 0 aromatic heterocycles. The number of aliphatic imine (C=N–C) groups is 1. The van der Waals surface area contributed by atoms with E-state index in [1.54, 1.807) is 0 Å². The molecule has 1 fully saturated rings. The van der Waals surface area contributed by atoms with Crippen molar-refractivity contribution in [3.8, 4) is 0 Å². The molecule has 1 aromatic rings. The lowest BCUT2D eigenvalue weighted by Gasteiger charge is -2.23. The summed E-state index contributed by atoms with van der Waals surface area (Å²) in [4.78, 5) is 4.39. The van der Waals surface area contributed by atoms with E-state index >= 15 is 0 Å². The Morgan fingerprint density at radius 2 is 1.84 bits per heavy atom. The van der Waals surface area contributed by atoms with E-state index in [2.05, 4.69) is 38.4 Å². The van der Waals surface area contributed by atoms with Gasteiger partial charge in [0.05, 0.1) is 6.54 Å². The highest BCUT2D eigenvalue weighted by atomic mass is 127. The fourth-order valence-corrected chi connectivity index (χ4v) is 2.53. The maximum absolute atomic E-state index is 5.91. The zero-order chi connectivity index (χ0) is 12.8. The Morgan fingerprint density at radius 1 is 1.21 bits per heavy atom. The lowest BCUT2D eigenvalue weighted by molar-refractivity contribution is 0.412. The lowest BCUT2D eigenvalue weighted by atomic mass is 9.96. The summed E-state index contributed by atoms with van der Waals surface area (Å²) in [5.41, 5.74) is 7.08. The number of nitrogens with two attached hydrogens (primary N) is 1. The molecule has 0 aliphatic heterocycles. The van der Waals surface area contributed by atoms with Crippen LogP contribution in [0, 0.1) is 0 Å². The van der Waals surface area contributed by atoms with Gasteiger partial charge in [0.15, 0.2) is 5.96 Å². The average molecular weight is 438 g/mol. The second-order valence-electron chi connectivity index (χ2n) is 4.81. The molecule has 0 spiro atoms.